The standard InChI is InChI=1S/C22H30F3N3O2.HI/c1-2-26-21(28-12-5-13-30-17-19-9-14-29-15-10-19)27-11-4-7-18-6-3-8-20(16-18)22(23,24)25;/h3,6,8,16,19H,2,5,9-15,17H2,1H3,(H2,26,27,28);1H. The van der Waals surface area contributed by atoms with Crippen LogP contribution in [-0.4, -0.2) is 52.0 Å². The molecule has 0 unspecified atom stereocenters. The highest BCUT2D eigenvalue weighted by Crippen LogP contribution is 2.29. The van der Waals surface area contributed by atoms with E-state index >= 15 is 0 Å². The number of nitrogens with one attached hydrogen (secondary N) is 2. The van der Waals surface area contributed by atoms with E-state index in [0.29, 0.717) is 37.1 Å². The van der Waals surface area contributed by atoms with Gasteiger partial charge in [-0.2, -0.15) is 13.2 Å². The first-order valence-corrected chi connectivity index (χ1v) is 10.3. The molecule has 1 aliphatic rings. The van der Waals surface area contributed by atoms with Gasteiger partial charge in [0.05, 0.1) is 12.1 Å². The predicted octanol–water partition coefficient (Wildman–Crippen LogP) is 4.06. The molecule has 0 spiro atoms. The highest BCUT2D eigenvalue weighted by molar-refractivity contribution is 14.0. The van der Waals surface area contributed by atoms with Crippen LogP contribution in [0.15, 0.2) is 29.3 Å². The van der Waals surface area contributed by atoms with Gasteiger partial charge in [-0.25, -0.2) is 0 Å². The maximum absolute atomic E-state index is 12.7. The van der Waals surface area contributed by atoms with Crippen molar-refractivity contribution < 1.29 is 22.6 Å². The van der Waals surface area contributed by atoms with Crippen molar-refractivity contribution in [1.82, 2.24) is 10.6 Å². The molecular weight excluding hydrogens is 522 g/mol. The van der Waals surface area contributed by atoms with Gasteiger partial charge in [-0.3, -0.25) is 4.99 Å². The molecule has 0 saturated carbocycles. The van der Waals surface area contributed by atoms with E-state index in [4.69, 9.17) is 9.47 Å². The second-order valence-electron chi connectivity index (χ2n) is 6.98. The smallest absolute Gasteiger partial charge is 0.381 e. The largest absolute Gasteiger partial charge is 0.416 e. The molecule has 1 aromatic carbocycles. The fourth-order valence-corrected chi connectivity index (χ4v) is 2.91. The molecule has 1 aromatic rings. The predicted molar refractivity (Wildman–Crippen MR) is 127 cm³/mol. The van der Waals surface area contributed by atoms with E-state index in [1.54, 1.807) is 6.07 Å². The van der Waals surface area contributed by atoms with E-state index in [2.05, 4.69) is 27.5 Å². The average Bonchev–Trinajstić information content (AvgIpc) is 2.74. The zero-order valence-corrected chi connectivity index (χ0v) is 20.1. The summed E-state index contributed by atoms with van der Waals surface area (Å²) in [7, 11) is 0. The fourth-order valence-electron chi connectivity index (χ4n) is 2.91. The van der Waals surface area contributed by atoms with E-state index < -0.39 is 11.7 Å². The highest BCUT2D eigenvalue weighted by Gasteiger charge is 2.30. The Balaban J connectivity index is 0.00000480. The molecule has 9 heteroatoms. The summed E-state index contributed by atoms with van der Waals surface area (Å²) in [6, 6.07) is 5.00. The monoisotopic (exact) mass is 553 g/mol. The Labute approximate surface area is 199 Å². The lowest BCUT2D eigenvalue weighted by molar-refractivity contribution is -0.137. The number of ether oxygens (including phenoxy) is 2. The number of hydrogen-bond donors (Lipinski definition) is 2. The Morgan fingerprint density at radius 3 is 2.74 bits per heavy atom. The van der Waals surface area contributed by atoms with Crippen molar-refractivity contribution in [3.8, 4) is 11.8 Å². The summed E-state index contributed by atoms with van der Waals surface area (Å²) in [5.74, 6) is 6.80. The number of halogens is 4. The average molecular weight is 553 g/mol. The summed E-state index contributed by atoms with van der Waals surface area (Å²) in [6.45, 7) is 6.65. The zero-order valence-electron chi connectivity index (χ0n) is 17.8. The van der Waals surface area contributed by atoms with Crippen molar-refractivity contribution in [3.05, 3.63) is 35.4 Å². The molecule has 174 valence electrons. The van der Waals surface area contributed by atoms with Gasteiger partial charge in [-0.05, 0) is 50.3 Å². The van der Waals surface area contributed by atoms with E-state index in [-0.39, 0.29) is 30.5 Å². The number of nitrogens with zero attached hydrogens (tertiary/aromatic N) is 1. The molecule has 0 aliphatic carbocycles. The first-order chi connectivity index (χ1) is 14.5. The van der Waals surface area contributed by atoms with Crippen LogP contribution in [0.2, 0.25) is 0 Å². The Morgan fingerprint density at radius 2 is 2.03 bits per heavy atom. The normalized spacial score (nSPS) is 14.9. The number of rotatable bonds is 8. The maximum Gasteiger partial charge on any atom is 0.416 e. The van der Waals surface area contributed by atoms with Crippen LogP contribution in [0.5, 0.6) is 0 Å². The van der Waals surface area contributed by atoms with Gasteiger partial charge in [-0.1, -0.05) is 17.9 Å². The van der Waals surface area contributed by atoms with E-state index in [1.807, 2.05) is 6.92 Å². The quantitative estimate of drug-likeness (QED) is 0.168. The highest BCUT2D eigenvalue weighted by atomic mass is 127. The van der Waals surface area contributed by atoms with Crippen LogP contribution in [0.3, 0.4) is 0 Å². The third-order valence-electron chi connectivity index (χ3n) is 4.52. The van der Waals surface area contributed by atoms with Crippen LogP contribution in [-0.2, 0) is 15.7 Å². The Bertz CT molecular complexity index is 727. The number of aliphatic imine (C=N–C) groups is 1. The molecule has 1 aliphatic heterocycles. The minimum atomic E-state index is -4.37. The van der Waals surface area contributed by atoms with Gasteiger partial charge in [0.2, 0.25) is 0 Å². The Kier molecular flexibility index (Phi) is 13.6. The summed E-state index contributed by atoms with van der Waals surface area (Å²) in [5, 5.41) is 6.19. The molecular formula is C22H31F3IN3O2. The Hall–Kier alpha value is -1.51. The van der Waals surface area contributed by atoms with Gasteiger partial charge in [0.15, 0.2) is 5.96 Å². The summed E-state index contributed by atoms with van der Waals surface area (Å²) < 4.78 is 49.3. The van der Waals surface area contributed by atoms with E-state index in [1.165, 1.54) is 6.07 Å². The number of hydrogen-bond acceptors (Lipinski definition) is 3. The minimum absolute atomic E-state index is 0. The molecule has 2 rings (SSSR count). The topological polar surface area (TPSA) is 54.9 Å². The molecule has 0 atom stereocenters. The minimum Gasteiger partial charge on any atom is -0.381 e. The molecule has 0 radical (unpaired) electrons. The molecule has 1 fully saturated rings. The molecule has 0 aromatic heterocycles. The van der Waals surface area contributed by atoms with Crippen molar-refractivity contribution in [1.29, 1.82) is 0 Å². The molecule has 2 N–H and O–H groups in total. The van der Waals surface area contributed by atoms with Gasteiger partial charge in [0, 0.05) is 45.1 Å². The Morgan fingerprint density at radius 1 is 1.26 bits per heavy atom. The lowest BCUT2D eigenvalue weighted by atomic mass is 10.0. The lowest BCUT2D eigenvalue weighted by Gasteiger charge is -2.21. The van der Waals surface area contributed by atoms with Crippen LogP contribution in [0.4, 0.5) is 13.2 Å². The summed E-state index contributed by atoms with van der Waals surface area (Å²) in [6.07, 6.45) is -1.42. The number of guanidine groups is 1. The van der Waals surface area contributed by atoms with Crippen molar-refractivity contribution >= 4 is 29.9 Å². The van der Waals surface area contributed by atoms with Gasteiger partial charge in [0.1, 0.15) is 0 Å². The van der Waals surface area contributed by atoms with Crippen LogP contribution in [0, 0.1) is 17.8 Å². The third-order valence-corrected chi connectivity index (χ3v) is 4.52. The first-order valence-electron chi connectivity index (χ1n) is 10.3. The van der Waals surface area contributed by atoms with Gasteiger partial charge in [-0.15, -0.1) is 24.0 Å². The van der Waals surface area contributed by atoms with Gasteiger partial charge < -0.3 is 20.1 Å². The maximum atomic E-state index is 12.7. The molecule has 31 heavy (non-hydrogen) atoms. The van der Waals surface area contributed by atoms with Crippen molar-refractivity contribution in [2.45, 2.75) is 32.4 Å². The van der Waals surface area contributed by atoms with Crippen LogP contribution in [0.25, 0.3) is 0 Å². The van der Waals surface area contributed by atoms with Gasteiger partial charge >= 0.3 is 6.18 Å². The number of alkyl halides is 3. The SMILES string of the molecule is CCNC(=NCCCOCC1CCOCC1)NCC#Cc1cccc(C(F)(F)F)c1.I. The van der Waals surface area contributed by atoms with Crippen molar-refractivity contribution in [3.63, 3.8) is 0 Å². The summed E-state index contributed by atoms with van der Waals surface area (Å²) in [5.41, 5.74) is -0.369. The lowest BCUT2D eigenvalue weighted by Crippen LogP contribution is -2.37. The molecule has 0 bridgehead atoms. The van der Waals surface area contributed by atoms with Gasteiger partial charge in [0.25, 0.3) is 0 Å². The summed E-state index contributed by atoms with van der Waals surface area (Å²) >= 11 is 0. The van der Waals surface area contributed by atoms with Crippen molar-refractivity contribution in [2.75, 3.05) is 46.1 Å². The second kappa shape index (κ2) is 15.3. The first kappa shape index (κ1) is 27.5. The molecule has 5 nitrogen and oxygen atoms in total. The third kappa shape index (κ3) is 11.6. The van der Waals surface area contributed by atoms with Crippen molar-refractivity contribution in [2.24, 2.45) is 10.9 Å². The molecule has 1 heterocycles. The van der Waals surface area contributed by atoms with E-state index in [0.717, 1.165) is 51.2 Å². The second-order valence-corrected chi connectivity index (χ2v) is 6.98. The number of benzene rings is 1. The fraction of sp³-hybridized carbons (Fsp3) is 0.591. The van der Waals surface area contributed by atoms with E-state index in [9.17, 15) is 13.2 Å². The van der Waals surface area contributed by atoms with Crippen LogP contribution < -0.4 is 10.6 Å². The molecule has 1 saturated heterocycles. The summed E-state index contributed by atoms with van der Waals surface area (Å²) in [4.78, 5) is 4.47. The van der Waals surface area contributed by atoms with Crippen LogP contribution in [0.1, 0.15) is 37.3 Å². The zero-order chi connectivity index (χ0) is 21.7. The molecule has 0 amide bonds. The van der Waals surface area contributed by atoms with Crippen LogP contribution >= 0.6 is 24.0 Å².